The van der Waals surface area contributed by atoms with Gasteiger partial charge in [-0.3, -0.25) is 0 Å². The molecule has 0 unspecified atom stereocenters. The molecule has 0 nitrogen and oxygen atoms in total. The zero-order valence-electron chi connectivity index (χ0n) is 8.40. The summed E-state index contributed by atoms with van der Waals surface area (Å²) < 4.78 is 37.5. The molecule has 1 aromatic carbocycles. The molecular weight excluding hydrogens is 362 g/mol. The van der Waals surface area contributed by atoms with Crippen molar-refractivity contribution < 1.29 is 64.3 Å². The average molecular weight is 370 g/mol. The van der Waals surface area contributed by atoms with E-state index in [0.29, 0.717) is 16.0 Å². The van der Waals surface area contributed by atoms with Crippen LogP contribution in [0.1, 0.15) is 11.1 Å². The first-order valence-electron chi connectivity index (χ1n) is 3.98. The first kappa shape index (κ1) is 16.8. The molecule has 0 aliphatic rings. The van der Waals surface area contributed by atoms with E-state index in [4.69, 9.17) is 0 Å². The van der Waals surface area contributed by atoms with Crippen LogP contribution in [0.4, 0.5) is 12.9 Å². The quantitative estimate of drug-likeness (QED) is 0.445. The molecular formula is C8H8BF3IKS. The molecule has 0 aromatic heterocycles. The second-order valence-electron chi connectivity index (χ2n) is 3.13. The second-order valence-corrected chi connectivity index (χ2v) is 4.80. The summed E-state index contributed by atoms with van der Waals surface area (Å²) in [5, 5.41) is 0. The monoisotopic (exact) mass is 370 g/mol. The van der Waals surface area contributed by atoms with Gasteiger partial charge in [0.2, 0.25) is 0 Å². The van der Waals surface area contributed by atoms with Gasteiger partial charge >= 0.3 is 58.4 Å². The maximum Gasteiger partial charge on any atom is 1.00 e. The number of halogens is 4. The number of hydrogen-bond donors (Lipinski definition) is 1. The van der Waals surface area contributed by atoms with E-state index in [1.807, 2.05) is 22.6 Å². The fraction of sp³-hybridized carbons (Fsp3) is 0.250. The third-order valence-electron chi connectivity index (χ3n) is 1.89. The normalized spacial score (nSPS) is 11.1. The summed E-state index contributed by atoms with van der Waals surface area (Å²) in [6.07, 6.45) is -0.823. The number of thiol groups is 1. The van der Waals surface area contributed by atoms with Crippen LogP contribution < -0.4 is 51.4 Å². The third-order valence-corrected chi connectivity index (χ3v) is 3.27. The standard InChI is InChI=1S/C8H8BF3IS.K/c1-5-6(4-9(10,11)12)2-7(14)3-8(5)13;/h2-3,14H,4H2,1H3;/q-1;+1. The Bertz CT molecular complexity index is 356. The maximum absolute atomic E-state index is 12.2. The van der Waals surface area contributed by atoms with E-state index in [9.17, 15) is 12.9 Å². The minimum Gasteiger partial charge on any atom is -0.449 e. The van der Waals surface area contributed by atoms with Gasteiger partial charge in [0.1, 0.15) is 0 Å². The van der Waals surface area contributed by atoms with Crippen molar-refractivity contribution in [2.45, 2.75) is 18.1 Å². The SMILES string of the molecule is Cc1c(I)cc(S)cc1C[B-](F)(F)F.[K+]. The van der Waals surface area contributed by atoms with Crippen molar-refractivity contribution in [1.29, 1.82) is 0 Å². The molecule has 0 N–H and O–H groups in total. The van der Waals surface area contributed by atoms with Gasteiger partial charge in [-0.05, 0) is 47.2 Å². The Morgan fingerprint density at radius 3 is 2.33 bits per heavy atom. The van der Waals surface area contributed by atoms with Crippen LogP contribution >= 0.6 is 35.2 Å². The number of hydrogen-bond acceptors (Lipinski definition) is 1. The summed E-state index contributed by atoms with van der Waals surface area (Å²) in [5.41, 5.74) is 1.03. The van der Waals surface area contributed by atoms with Gasteiger partial charge in [0.25, 0.3) is 0 Å². The largest absolute Gasteiger partial charge is 1.00 e. The van der Waals surface area contributed by atoms with Gasteiger partial charge in [0.15, 0.2) is 0 Å². The van der Waals surface area contributed by atoms with Crippen molar-refractivity contribution >= 4 is 42.2 Å². The molecule has 0 spiro atoms. The van der Waals surface area contributed by atoms with Crippen LogP contribution in [0.2, 0.25) is 0 Å². The first-order chi connectivity index (χ1) is 6.29. The van der Waals surface area contributed by atoms with E-state index < -0.39 is 13.3 Å². The molecule has 1 aromatic rings. The van der Waals surface area contributed by atoms with Crippen molar-refractivity contribution in [3.63, 3.8) is 0 Å². The fourth-order valence-electron chi connectivity index (χ4n) is 1.18. The van der Waals surface area contributed by atoms with Gasteiger partial charge in [0, 0.05) is 8.47 Å². The molecule has 0 aliphatic carbocycles. The van der Waals surface area contributed by atoms with Crippen LogP contribution in [0.25, 0.3) is 0 Å². The van der Waals surface area contributed by atoms with Crippen molar-refractivity contribution in [3.05, 3.63) is 26.8 Å². The van der Waals surface area contributed by atoms with Gasteiger partial charge < -0.3 is 12.9 Å². The minimum atomic E-state index is -4.77. The molecule has 0 atom stereocenters. The Labute approximate surface area is 149 Å². The Kier molecular flexibility index (Phi) is 7.45. The van der Waals surface area contributed by atoms with E-state index in [0.717, 1.165) is 3.57 Å². The van der Waals surface area contributed by atoms with E-state index >= 15 is 0 Å². The third kappa shape index (κ3) is 5.78. The zero-order chi connectivity index (χ0) is 10.9. The Morgan fingerprint density at radius 1 is 1.33 bits per heavy atom. The molecule has 78 valence electrons. The summed E-state index contributed by atoms with van der Waals surface area (Å²) in [6, 6.07) is 3.24. The summed E-state index contributed by atoms with van der Waals surface area (Å²) in [6.45, 7) is -3.07. The zero-order valence-corrected chi connectivity index (χ0v) is 14.6. The van der Waals surface area contributed by atoms with E-state index in [-0.39, 0.29) is 51.4 Å². The van der Waals surface area contributed by atoms with E-state index in [1.54, 1.807) is 13.0 Å². The van der Waals surface area contributed by atoms with Gasteiger partial charge in [-0.15, -0.1) is 12.6 Å². The molecule has 0 bridgehead atoms. The first-order valence-corrected chi connectivity index (χ1v) is 5.51. The Balaban J connectivity index is 0.00000196. The molecule has 0 fully saturated rings. The molecule has 0 aliphatic heterocycles. The van der Waals surface area contributed by atoms with Gasteiger partial charge in [0.05, 0.1) is 0 Å². The fourth-order valence-corrected chi connectivity index (χ4v) is 2.39. The van der Waals surface area contributed by atoms with E-state index in [2.05, 4.69) is 12.6 Å². The summed E-state index contributed by atoms with van der Waals surface area (Å²) in [5.74, 6) is 0. The topological polar surface area (TPSA) is 0 Å². The average Bonchev–Trinajstić information content (AvgIpc) is 1.96. The van der Waals surface area contributed by atoms with Crippen LogP contribution in [0.3, 0.4) is 0 Å². The summed E-state index contributed by atoms with van der Waals surface area (Å²) in [7, 11) is 0. The predicted molar refractivity (Wildman–Crippen MR) is 63.9 cm³/mol. The van der Waals surface area contributed by atoms with Crippen molar-refractivity contribution in [3.8, 4) is 0 Å². The summed E-state index contributed by atoms with van der Waals surface area (Å²) in [4.78, 5) is 0.579. The molecule has 0 amide bonds. The van der Waals surface area contributed by atoms with Crippen molar-refractivity contribution in [2.24, 2.45) is 0 Å². The van der Waals surface area contributed by atoms with Crippen LogP contribution in [0, 0.1) is 10.5 Å². The molecule has 0 radical (unpaired) electrons. The second kappa shape index (κ2) is 6.65. The molecule has 0 saturated carbocycles. The predicted octanol–water partition coefficient (Wildman–Crippen LogP) is 0.821. The molecule has 15 heavy (non-hydrogen) atoms. The number of rotatable bonds is 2. The number of benzene rings is 1. The Morgan fingerprint density at radius 2 is 1.87 bits per heavy atom. The van der Waals surface area contributed by atoms with Crippen LogP contribution in [0.5, 0.6) is 0 Å². The van der Waals surface area contributed by atoms with E-state index in [1.165, 1.54) is 6.07 Å². The summed E-state index contributed by atoms with van der Waals surface area (Å²) >= 11 is 6.07. The van der Waals surface area contributed by atoms with Crippen LogP contribution in [-0.2, 0) is 6.32 Å². The Hall–Kier alpha value is 1.79. The van der Waals surface area contributed by atoms with Crippen LogP contribution in [0.15, 0.2) is 17.0 Å². The molecule has 7 heteroatoms. The molecule has 0 heterocycles. The maximum atomic E-state index is 12.2. The van der Waals surface area contributed by atoms with Gasteiger partial charge in [-0.1, -0.05) is 11.9 Å². The van der Waals surface area contributed by atoms with Crippen molar-refractivity contribution in [1.82, 2.24) is 0 Å². The van der Waals surface area contributed by atoms with Crippen LogP contribution in [-0.4, -0.2) is 6.98 Å². The smallest absolute Gasteiger partial charge is 0.449 e. The minimum absolute atomic E-state index is 0. The van der Waals surface area contributed by atoms with Crippen molar-refractivity contribution in [2.75, 3.05) is 0 Å². The molecule has 1 rings (SSSR count). The van der Waals surface area contributed by atoms with Gasteiger partial charge in [-0.25, -0.2) is 0 Å². The van der Waals surface area contributed by atoms with Gasteiger partial charge in [-0.2, -0.15) is 0 Å². The molecule has 0 saturated heterocycles.